The summed E-state index contributed by atoms with van der Waals surface area (Å²) in [6.07, 6.45) is 3.30. The molecular weight excluding hydrogens is 202 g/mol. The maximum absolute atomic E-state index is 9.95. The van der Waals surface area contributed by atoms with Crippen molar-refractivity contribution < 1.29 is 9.84 Å². The molecular formula is C13H25NO2. The van der Waals surface area contributed by atoms with E-state index in [0.29, 0.717) is 12.0 Å². The number of aliphatic hydroxyl groups is 1. The third-order valence-corrected chi connectivity index (χ3v) is 4.15. The Kier molecular flexibility index (Phi) is 4.22. The maximum Gasteiger partial charge on any atom is 0.0624 e. The van der Waals surface area contributed by atoms with Crippen LogP contribution < -0.4 is 0 Å². The van der Waals surface area contributed by atoms with Crippen LogP contribution in [0.4, 0.5) is 0 Å². The van der Waals surface area contributed by atoms with Crippen LogP contribution in [-0.2, 0) is 4.74 Å². The average molecular weight is 227 g/mol. The van der Waals surface area contributed by atoms with Crippen LogP contribution in [0.25, 0.3) is 0 Å². The molecule has 94 valence electrons. The Morgan fingerprint density at radius 1 is 1.25 bits per heavy atom. The summed E-state index contributed by atoms with van der Waals surface area (Å²) in [5, 5.41) is 9.95. The molecule has 1 N–H and O–H groups in total. The fourth-order valence-corrected chi connectivity index (χ4v) is 2.90. The van der Waals surface area contributed by atoms with Crippen molar-refractivity contribution in [2.45, 2.75) is 45.3 Å². The second-order valence-electron chi connectivity index (χ2n) is 5.68. The van der Waals surface area contributed by atoms with Crippen LogP contribution in [0.3, 0.4) is 0 Å². The van der Waals surface area contributed by atoms with Gasteiger partial charge < -0.3 is 9.84 Å². The van der Waals surface area contributed by atoms with Gasteiger partial charge in [-0.3, -0.25) is 4.90 Å². The molecule has 2 rings (SSSR count). The van der Waals surface area contributed by atoms with Crippen molar-refractivity contribution >= 4 is 0 Å². The molecule has 3 heteroatoms. The molecule has 2 saturated heterocycles. The topological polar surface area (TPSA) is 32.7 Å². The van der Waals surface area contributed by atoms with Gasteiger partial charge in [-0.25, -0.2) is 0 Å². The molecule has 2 fully saturated rings. The van der Waals surface area contributed by atoms with E-state index in [-0.39, 0.29) is 6.10 Å². The number of hydrogen-bond donors (Lipinski definition) is 1. The van der Waals surface area contributed by atoms with Crippen LogP contribution in [0.5, 0.6) is 0 Å². The SMILES string of the molecule is CC1CCC(C)N(CC2COCCC2O)C1. The molecule has 0 bridgehead atoms. The molecule has 0 amide bonds. The first-order valence-corrected chi connectivity index (χ1v) is 6.66. The molecule has 4 unspecified atom stereocenters. The minimum atomic E-state index is -0.154. The van der Waals surface area contributed by atoms with Gasteiger partial charge in [0.1, 0.15) is 0 Å². The van der Waals surface area contributed by atoms with Crippen LogP contribution >= 0.6 is 0 Å². The summed E-state index contributed by atoms with van der Waals surface area (Å²) in [5.74, 6) is 1.12. The molecule has 0 radical (unpaired) electrons. The van der Waals surface area contributed by atoms with Crippen LogP contribution in [0.15, 0.2) is 0 Å². The minimum absolute atomic E-state index is 0.154. The number of rotatable bonds is 2. The molecule has 2 aliphatic heterocycles. The minimum Gasteiger partial charge on any atom is -0.393 e. The summed E-state index contributed by atoms with van der Waals surface area (Å²) in [6.45, 7) is 8.29. The van der Waals surface area contributed by atoms with Gasteiger partial charge in [0.25, 0.3) is 0 Å². The first kappa shape index (κ1) is 12.3. The van der Waals surface area contributed by atoms with Gasteiger partial charge >= 0.3 is 0 Å². The van der Waals surface area contributed by atoms with E-state index in [2.05, 4.69) is 18.7 Å². The van der Waals surface area contributed by atoms with Gasteiger partial charge in [-0.05, 0) is 32.1 Å². The van der Waals surface area contributed by atoms with E-state index in [1.165, 1.54) is 19.4 Å². The molecule has 0 aromatic rings. The first-order valence-electron chi connectivity index (χ1n) is 6.66. The summed E-state index contributed by atoms with van der Waals surface area (Å²) in [7, 11) is 0. The van der Waals surface area contributed by atoms with Gasteiger partial charge in [0.15, 0.2) is 0 Å². The number of likely N-dealkylation sites (tertiary alicyclic amines) is 1. The lowest BCUT2D eigenvalue weighted by atomic mass is 9.91. The Balaban J connectivity index is 1.86. The Hall–Kier alpha value is -0.120. The first-order chi connectivity index (χ1) is 7.66. The zero-order valence-electron chi connectivity index (χ0n) is 10.6. The van der Waals surface area contributed by atoms with Gasteiger partial charge in [0, 0.05) is 31.7 Å². The molecule has 0 saturated carbocycles. The third-order valence-electron chi connectivity index (χ3n) is 4.15. The summed E-state index contributed by atoms with van der Waals surface area (Å²) >= 11 is 0. The Morgan fingerprint density at radius 2 is 2.06 bits per heavy atom. The highest BCUT2D eigenvalue weighted by Gasteiger charge is 2.30. The standard InChI is InChI=1S/C13H25NO2/c1-10-3-4-11(2)14(7-10)8-12-9-16-6-5-13(12)15/h10-13,15H,3-9H2,1-2H3. The van der Waals surface area contributed by atoms with Crippen molar-refractivity contribution in [2.75, 3.05) is 26.3 Å². The van der Waals surface area contributed by atoms with Crippen molar-refractivity contribution in [1.29, 1.82) is 0 Å². The highest BCUT2D eigenvalue weighted by atomic mass is 16.5. The number of nitrogens with zero attached hydrogens (tertiary/aromatic N) is 1. The summed E-state index contributed by atoms with van der Waals surface area (Å²) in [4.78, 5) is 2.54. The van der Waals surface area contributed by atoms with Gasteiger partial charge in [-0.1, -0.05) is 6.92 Å². The van der Waals surface area contributed by atoms with Crippen molar-refractivity contribution in [3.8, 4) is 0 Å². The van der Waals surface area contributed by atoms with E-state index >= 15 is 0 Å². The van der Waals surface area contributed by atoms with Crippen LogP contribution in [0, 0.1) is 11.8 Å². The smallest absolute Gasteiger partial charge is 0.0624 e. The highest BCUT2D eigenvalue weighted by Crippen LogP contribution is 2.24. The molecule has 3 nitrogen and oxygen atoms in total. The maximum atomic E-state index is 9.95. The predicted octanol–water partition coefficient (Wildman–Crippen LogP) is 1.50. The molecule has 0 aromatic heterocycles. The second kappa shape index (κ2) is 5.48. The fraction of sp³-hybridized carbons (Fsp3) is 1.00. The van der Waals surface area contributed by atoms with Crippen molar-refractivity contribution in [2.24, 2.45) is 11.8 Å². The molecule has 0 aliphatic carbocycles. The molecule has 4 atom stereocenters. The van der Waals surface area contributed by atoms with E-state index < -0.39 is 0 Å². The third kappa shape index (κ3) is 2.96. The van der Waals surface area contributed by atoms with E-state index in [1.807, 2.05) is 0 Å². The largest absolute Gasteiger partial charge is 0.393 e. The Labute approximate surface area is 98.8 Å². The van der Waals surface area contributed by atoms with Gasteiger partial charge in [-0.2, -0.15) is 0 Å². The normalized spacial score (nSPS) is 42.2. The lowest BCUT2D eigenvalue weighted by Crippen LogP contribution is -2.47. The van der Waals surface area contributed by atoms with E-state index in [0.717, 1.165) is 32.1 Å². The van der Waals surface area contributed by atoms with Crippen molar-refractivity contribution in [1.82, 2.24) is 4.90 Å². The summed E-state index contributed by atoms with van der Waals surface area (Å²) in [5.41, 5.74) is 0. The van der Waals surface area contributed by atoms with E-state index in [4.69, 9.17) is 4.74 Å². The summed E-state index contributed by atoms with van der Waals surface area (Å²) in [6, 6.07) is 0.672. The van der Waals surface area contributed by atoms with Crippen molar-refractivity contribution in [3.05, 3.63) is 0 Å². The van der Waals surface area contributed by atoms with E-state index in [9.17, 15) is 5.11 Å². The Morgan fingerprint density at radius 3 is 2.81 bits per heavy atom. The highest BCUT2D eigenvalue weighted by molar-refractivity contribution is 4.82. The molecule has 2 heterocycles. The van der Waals surface area contributed by atoms with Gasteiger partial charge in [0.05, 0.1) is 12.7 Å². The molecule has 0 aromatic carbocycles. The van der Waals surface area contributed by atoms with Crippen molar-refractivity contribution in [3.63, 3.8) is 0 Å². The van der Waals surface area contributed by atoms with Crippen LogP contribution in [-0.4, -0.2) is 48.5 Å². The molecule has 0 spiro atoms. The van der Waals surface area contributed by atoms with Crippen LogP contribution in [0.1, 0.15) is 33.1 Å². The molecule has 16 heavy (non-hydrogen) atoms. The van der Waals surface area contributed by atoms with Gasteiger partial charge in [-0.15, -0.1) is 0 Å². The second-order valence-corrected chi connectivity index (χ2v) is 5.68. The number of ether oxygens (including phenoxy) is 1. The quantitative estimate of drug-likeness (QED) is 0.776. The predicted molar refractivity (Wildman–Crippen MR) is 64.4 cm³/mol. The zero-order valence-corrected chi connectivity index (χ0v) is 10.6. The summed E-state index contributed by atoms with van der Waals surface area (Å²) < 4.78 is 5.47. The number of piperidine rings is 1. The van der Waals surface area contributed by atoms with Crippen LogP contribution in [0.2, 0.25) is 0 Å². The average Bonchev–Trinajstić information content (AvgIpc) is 2.27. The van der Waals surface area contributed by atoms with Gasteiger partial charge in [0.2, 0.25) is 0 Å². The Bertz CT molecular complexity index is 222. The fourth-order valence-electron chi connectivity index (χ4n) is 2.90. The zero-order chi connectivity index (χ0) is 11.5. The number of aliphatic hydroxyl groups excluding tert-OH is 1. The monoisotopic (exact) mass is 227 g/mol. The lowest BCUT2D eigenvalue weighted by Gasteiger charge is -2.40. The lowest BCUT2D eigenvalue weighted by molar-refractivity contribution is -0.0546. The molecule has 2 aliphatic rings. The van der Waals surface area contributed by atoms with E-state index in [1.54, 1.807) is 0 Å². The number of hydrogen-bond acceptors (Lipinski definition) is 3.